The standard InChI is InChI=1S/C24H30N4O/c1-4-27(5-2)19-12-13-28(16-19)23-11-10-18(14-17(23)3)25-15-21-20-8-6-7-9-22(20)26-24(21)29/h6-11,14-15,19,25H,4-5,12-13,16H2,1-3H3,(H,26,29). The van der Waals surface area contributed by atoms with Gasteiger partial charge in [0.15, 0.2) is 0 Å². The number of amides is 1. The summed E-state index contributed by atoms with van der Waals surface area (Å²) >= 11 is 0. The number of hydrogen-bond acceptors (Lipinski definition) is 4. The third-order valence-electron chi connectivity index (χ3n) is 6.12. The number of nitrogens with zero attached hydrogens (tertiary/aromatic N) is 2. The number of hydrogen-bond donors (Lipinski definition) is 2. The van der Waals surface area contributed by atoms with E-state index in [0.29, 0.717) is 11.6 Å². The van der Waals surface area contributed by atoms with Crippen LogP contribution in [0.4, 0.5) is 17.1 Å². The lowest BCUT2D eigenvalue weighted by Crippen LogP contribution is -2.37. The maximum atomic E-state index is 12.3. The van der Waals surface area contributed by atoms with Gasteiger partial charge in [0.2, 0.25) is 0 Å². The Balaban J connectivity index is 1.47. The van der Waals surface area contributed by atoms with Crippen molar-refractivity contribution in [3.05, 3.63) is 59.8 Å². The highest BCUT2D eigenvalue weighted by molar-refractivity contribution is 6.31. The SMILES string of the molecule is CCN(CC)C1CCN(c2ccc(NC=C3C(=O)Nc4ccccc43)cc2C)C1. The monoisotopic (exact) mass is 390 g/mol. The van der Waals surface area contributed by atoms with Crippen LogP contribution in [0.1, 0.15) is 31.4 Å². The second-order valence-electron chi connectivity index (χ2n) is 7.81. The van der Waals surface area contributed by atoms with Crippen LogP contribution in [0.5, 0.6) is 0 Å². The molecule has 1 unspecified atom stereocenters. The zero-order valence-electron chi connectivity index (χ0n) is 17.5. The lowest BCUT2D eigenvalue weighted by atomic mass is 10.1. The molecule has 2 aromatic carbocycles. The molecule has 1 saturated heterocycles. The Hall–Kier alpha value is -2.79. The summed E-state index contributed by atoms with van der Waals surface area (Å²) in [6.07, 6.45) is 3.03. The van der Waals surface area contributed by atoms with E-state index in [0.717, 1.165) is 43.1 Å². The first kappa shape index (κ1) is 19.5. The van der Waals surface area contributed by atoms with Gasteiger partial charge in [-0.25, -0.2) is 0 Å². The second kappa shape index (κ2) is 8.29. The first-order chi connectivity index (χ1) is 14.1. The lowest BCUT2D eigenvalue weighted by molar-refractivity contribution is -0.110. The molecule has 2 aromatic rings. The summed E-state index contributed by atoms with van der Waals surface area (Å²) in [7, 11) is 0. The van der Waals surface area contributed by atoms with Crippen LogP contribution < -0.4 is 15.5 Å². The van der Waals surface area contributed by atoms with Crippen LogP contribution in [-0.2, 0) is 4.79 Å². The maximum absolute atomic E-state index is 12.3. The van der Waals surface area contributed by atoms with Crippen molar-refractivity contribution in [2.75, 3.05) is 41.7 Å². The van der Waals surface area contributed by atoms with Crippen molar-refractivity contribution in [3.63, 3.8) is 0 Å². The first-order valence-corrected chi connectivity index (χ1v) is 10.6. The molecule has 0 aromatic heterocycles. The van der Waals surface area contributed by atoms with E-state index in [1.807, 2.05) is 30.5 Å². The molecule has 1 atom stereocenters. The van der Waals surface area contributed by atoms with Gasteiger partial charge in [-0.3, -0.25) is 9.69 Å². The summed E-state index contributed by atoms with van der Waals surface area (Å²) in [6, 6.07) is 14.9. The van der Waals surface area contributed by atoms with Gasteiger partial charge < -0.3 is 15.5 Å². The van der Waals surface area contributed by atoms with Crippen LogP contribution in [0.3, 0.4) is 0 Å². The van der Waals surface area contributed by atoms with Gasteiger partial charge in [-0.2, -0.15) is 0 Å². The van der Waals surface area contributed by atoms with Gasteiger partial charge in [-0.1, -0.05) is 32.0 Å². The fourth-order valence-electron chi connectivity index (χ4n) is 4.54. The molecule has 0 saturated carbocycles. The van der Waals surface area contributed by atoms with E-state index >= 15 is 0 Å². The summed E-state index contributed by atoms with van der Waals surface area (Å²) in [5, 5.41) is 6.22. The Morgan fingerprint density at radius 2 is 2.00 bits per heavy atom. The lowest BCUT2D eigenvalue weighted by Gasteiger charge is -2.27. The number of benzene rings is 2. The summed E-state index contributed by atoms with van der Waals surface area (Å²) < 4.78 is 0. The molecule has 1 amide bonds. The number of rotatable bonds is 6. The van der Waals surface area contributed by atoms with Crippen molar-refractivity contribution in [2.24, 2.45) is 0 Å². The minimum absolute atomic E-state index is 0.0634. The van der Waals surface area contributed by atoms with Crippen molar-refractivity contribution in [1.29, 1.82) is 0 Å². The Kier molecular flexibility index (Phi) is 5.58. The molecule has 2 N–H and O–H groups in total. The van der Waals surface area contributed by atoms with E-state index in [9.17, 15) is 4.79 Å². The number of carbonyl (C=O) groups excluding carboxylic acids is 1. The molecule has 2 aliphatic heterocycles. The molecule has 152 valence electrons. The molecule has 29 heavy (non-hydrogen) atoms. The van der Waals surface area contributed by atoms with Crippen LogP contribution in [0.25, 0.3) is 5.57 Å². The number of aryl methyl sites for hydroxylation is 1. The number of likely N-dealkylation sites (N-methyl/N-ethyl adjacent to an activating group) is 1. The Labute approximate surface area is 173 Å². The van der Waals surface area contributed by atoms with Gasteiger partial charge in [-0.15, -0.1) is 0 Å². The fourth-order valence-corrected chi connectivity index (χ4v) is 4.54. The van der Waals surface area contributed by atoms with Gasteiger partial charge in [0.05, 0.1) is 5.57 Å². The van der Waals surface area contributed by atoms with E-state index in [1.165, 1.54) is 17.7 Å². The Bertz CT molecular complexity index is 932. The molecule has 1 fully saturated rings. The van der Waals surface area contributed by atoms with Crippen molar-refractivity contribution in [1.82, 2.24) is 4.90 Å². The maximum Gasteiger partial charge on any atom is 0.257 e. The van der Waals surface area contributed by atoms with E-state index in [4.69, 9.17) is 0 Å². The zero-order chi connectivity index (χ0) is 20.4. The summed E-state index contributed by atoms with van der Waals surface area (Å²) in [4.78, 5) is 17.3. The predicted molar refractivity (Wildman–Crippen MR) is 121 cm³/mol. The number of anilines is 3. The molecular formula is C24H30N4O. The number of fused-ring (bicyclic) bond motifs is 1. The quantitative estimate of drug-likeness (QED) is 0.721. The molecule has 2 heterocycles. The van der Waals surface area contributed by atoms with Crippen LogP contribution in [0.2, 0.25) is 0 Å². The Morgan fingerprint density at radius 3 is 2.76 bits per heavy atom. The minimum Gasteiger partial charge on any atom is -0.370 e. The first-order valence-electron chi connectivity index (χ1n) is 10.6. The van der Waals surface area contributed by atoms with E-state index in [-0.39, 0.29) is 5.91 Å². The van der Waals surface area contributed by atoms with Crippen LogP contribution in [-0.4, -0.2) is 43.0 Å². The van der Waals surface area contributed by atoms with E-state index in [2.05, 4.69) is 59.4 Å². The molecule has 2 aliphatic rings. The topological polar surface area (TPSA) is 47.6 Å². The average molecular weight is 391 g/mol. The molecule has 0 bridgehead atoms. The van der Waals surface area contributed by atoms with E-state index < -0.39 is 0 Å². The van der Waals surface area contributed by atoms with Crippen molar-refractivity contribution >= 4 is 28.5 Å². The number of para-hydroxylation sites is 1. The second-order valence-corrected chi connectivity index (χ2v) is 7.81. The average Bonchev–Trinajstić information content (AvgIpc) is 3.32. The van der Waals surface area contributed by atoms with Gasteiger partial charge in [-0.05, 0) is 56.3 Å². The Morgan fingerprint density at radius 1 is 1.21 bits per heavy atom. The van der Waals surface area contributed by atoms with Crippen LogP contribution in [0.15, 0.2) is 48.7 Å². The smallest absolute Gasteiger partial charge is 0.257 e. The summed E-state index contributed by atoms with van der Waals surface area (Å²) in [5.41, 5.74) is 6.04. The van der Waals surface area contributed by atoms with Crippen LogP contribution in [0, 0.1) is 6.92 Å². The molecule has 4 rings (SSSR count). The van der Waals surface area contributed by atoms with Gasteiger partial charge in [0.1, 0.15) is 0 Å². The predicted octanol–water partition coefficient (Wildman–Crippen LogP) is 4.32. The highest BCUT2D eigenvalue weighted by atomic mass is 16.2. The third-order valence-corrected chi connectivity index (χ3v) is 6.12. The van der Waals surface area contributed by atoms with E-state index in [1.54, 1.807) is 0 Å². The molecule has 0 spiro atoms. The van der Waals surface area contributed by atoms with Crippen LogP contribution >= 0.6 is 0 Å². The molecular weight excluding hydrogens is 360 g/mol. The molecule has 5 heteroatoms. The largest absolute Gasteiger partial charge is 0.370 e. The highest BCUT2D eigenvalue weighted by Gasteiger charge is 2.27. The van der Waals surface area contributed by atoms with Gasteiger partial charge >= 0.3 is 0 Å². The highest BCUT2D eigenvalue weighted by Crippen LogP contribution is 2.32. The fraction of sp³-hybridized carbons (Fsp3) is 0.375. The van der Waals surface area contributed by atoms with Crippen molar-refractivity contribution in [2.45, 2.75) is 33.2 Å². The molecule has 0 radical (unpaired) electrons. The normalized spacial score (nSPS) is 19.7. The number of nitrogens with one attached hydrogen (secondary N) is 2. The van der Waals surface area contributed by atoms with Gasteiger partial charge in [0.25, 0.3) is 5.91 Å². The van der Waals surface area contributed by atoms with Crippen molar-refractivity contribution < 1.29 is 4.79 Å². The summed E-state index contributed by atoms with van der Waals surface area (Å²) in [6.45, 7) is 11.1. The number of carbonyl (C=O) groups is 1. The molecule has 5 nitrogen and oxygen atoms in total. The van der Waals surface area contributed by atoms with Gasteiger partial charge in [0, 0.05) is 48.0 Å². The molecule has 0 aliphatic carbocycles. The third kappa shape index (κ3) is 3.87. The minimum atomic E-state index is -0.0634. The zero-order valence-corrected chi connectivity index (χ0v) is 17.5. The van der Waals surface area contributed by atoms with Crippen molar-refractivity contribution in [3.8, 4) is 0 Å². The summed E-state index contributed by atoms with van der Waals surface area (Å²) in [5.74, 6) is -0.0634.